The van der Waals surface area contributed by atoms with E-state index in [0.29, 0.717) is 16.4 Å². The molecular weight excluding hydrogens is 282 g/mol. The lowest BCUT2D eigenvalue weighted by Gasteiger charge is -2.07. The van der Waals surface area contributed by atoms with Crippen molar-refractivity contribution >= 4 is 23.2 Å². The van der Waals surface area contributed by atoms with Gasteiger partial charge < -0.3 is 5.11 Å². The number of hydrogen-bond acceptors (Lipinski definition) is 3. The molecule has 0 radical (unpaired) electrons. The van der Waals surface area contributed by atoms with Crippen molar-refractivity contribution in [2.45, 2.75) is 0 Å². The molecule has 0 saturated carbocycles. The predicted octanol–water partition coefficient (Wildman–Crippen LogP) is 1.84. The average Bonchev–Trinajstić information content (AvgIpc) is 2.83. The fourth-order valence-electron chi connectivity index (χ4n) is 1.95. The molecule has 0 saturated heterocycles. The van der Waals surface area contributed by atoms with E-state index in [2.05, 4.69) is 4.98 Å². The Kier molecular flexibility index (Phi) is 2.80. The van der Waals surface area contributed by atoms with E-state index in [-0.39, 0.29) is 5.56 Å². The van der Waals surface area contributed by atoms with Crippen LogP contribution in [0.5, 0.6) is 0 Å². The van der Waals surface area contributed by atoms with Crippen LogP contribution in [0.1, 0.15) is 10.4 Å². The molecule has 0 unspecified atom stereocenters. The Morgan fingerprint density at radius 2 is 2.10 bits per heavy atom. The number of carbonyl (C=O) groups is 1. The number of fused-ring (bicyclic) bond motifs is 1. The zero-order valence-corrected chi connectivity index (χ0v) is 10.8. The predicted molar refractivity (Wildman–Crippen MR) is 72.8 cm³/mol. The number of aromatic carboxylic acids is 1. The lowest BCUT2D eigenvalue weighted by molar-refractivity contribution is 0.0694. The summed E-state index contributed by atoms with van der Waals surface area (Å²) in [5.41, 5.74) is -0.0316. The third kappa shape index (κ3) is 1.86. The summed E-state index contributed by atoms with van der Waals surface area (Å²) in [7, 11) is 0. The minimum atomic E-state index is -1.31. The first-order chi connectivity index (χ1) is 9.58. The van der Waals surface area contributed by atoms with Crippen LogP contribution in [0.15, 0.2) is 47.5 Å². The van der Waals surface area contributed by atoms with Crippen molar-refractivity contribution in [2.24, 2.45) is 0 Å². The van der Waals surface area contributed by atoms with E-state index in [1.807, 2.05) is 0 Å². The normalized spacial score (nSPS) is 10.8. The standard InChI is InChI=1S/C13H8ClN3O3/c14-8-2-1-3-9(6-8)16-5-4-11-15-7-10(13(19)20)12(18)17(11)16/h1-7H,(H,19,20). The molecule has 2 aromatic heterocycles. The molecule has 0 aliphatic heterocycles. The van der Waals surface area contributed by atoms with E-state index in [1.165, 1.54) is 9.20 Å². The Balaban J connectivity index is 2.35. The van der Waals surface area contributed by atoms with Gasteiger partial charge in [-0.05, 0) is 18.2 Å². The highest BCUT2D eigenvalue weighted by molar-refractivity contribution is 6.30. The number of hydrogen-bond donors (Lipinski definition) is 1. The van der Waals surface area contributed by atoms with Gasteiger partial charge >= 0.3 is 5.97 Å². The van der Waals surface area contributed by atoms with Crippen LogP contribution in [0, 0.1) is 0 Å². The van der Waals surface area contributed by atoms with Crippen LogP contribution in [0.25, 0.3) is 11.3 Å². The lowest BCUT2D eigenvalue weighted by atomic mass is 10.3. The van der Waals surface area contributed by atoms with Gasteiger partial charge in [0.15, 0.2) is 5.65 Å². The van der Waals surface area contributed by atoms with Gasteiger partial charge in [-0.15, -0.1) is 0 Å². The van der Waals surface area contributed by atoms with Crippen molar-refractivity contribution in [3.63, 3.8) is 0 Å². The quantitative estimate of drug-likeness (QED) is 0.781. The van der Waals surface area contributed by atoms with Crippen molar-refractivity contribution in [3.05, 3.63) is 63.7 Å². The van der Waals surface area contributed by atoms with Crippen LogP contribution in [-0.2, 0) is 0 Å². The maximum Gasteiger partial charge on any atom is 0.343 e. The molecule has 3 aromatic rings. The minimum Gasteiger partial charge on any atom is -0.477 e. The number of nitrogens with zero attached hydrogens (tertiary/aromatic N) is 3. The number of rotatable bonds is 2. The Morgan fingerprint density at radius 1 is 1.30 bits per heavy atom. The van der Waals surface area contributed by atoms with Crippen molar-refractivity contribution in [1.29, 1.82) is 0 Å². The summed E-state index contributed by atoms with van der Waals surface area (Å²) < 4.78 is 2.69. The molecule has 1 N–H and O–H groups in total. The first-order valence-corrected chi connectivity index (χ1v) is 6.04. The summed E-state index contributed by atoms with van der Waals surface area (Å²) in [5, 5.41) is 9.50. The van der Waals surface area contributed by atoms with Gasteiger partial charge in [-0.1, -0.05) is 17.7 Å². The van der Waals surface area contributed by atoms with E-state index in [9.17, 15) is 9.59 Å². The Hall–Kier alpha value is -2.60. The molecule has 0 aliphatic carbocycles. The molecule has 100 valence electrons. The fourth-order valence-corrected chi connectivity index (χ4v) is 2.14. The molecule has 6 nitrogen and oxygen atoms in total. The van der Waals surface area contributed by atoms with Gasteiger partial charge in [0.2, 0.25) is 0 Å². The van der Waals surface area contributed by atoms with E-state index in [0.717, 1.165) is 6.20 Å². The lowest BCUT2D eigenvalue weighted by Crippen LogP contribution is -2.26. The van der Waals surface area contributed by atoms with E-state index in [1.54, 1.807) is 36.5 Å². The second-order valence-electron chi connectivity index (χ2n) is 4.09. The molecule has 0 fully saturated rings. The smallest absolute Gasteiger partial charge is 0.343 e. The van der Waals surface area contributed by atoms with Gasteiger partial charge in [0.1, 0.15) is 5.56 Å². The largest absolute Gasteiger partial charge is 0.477 e. The van der Waals surface area contributed by atoms with Gasteiger partial charge in [0.25, 0.3) is 5.56 Å². The van der Waals surface area contributed by atoms with E-state index >= 15 is 0 Å². The van der Waals surface area contributed by atoms with Gasteiger partial charge in [0, 0.05) is 23.5 Å². The monoisotopic (exact) mass is 289 g/mol. The van der Waals surface area contributed by atoms with E-state index < -0.39 is 11.5 Å². The van der Waals surface area contributed by atoms with Crippen molar-refractivity contribution < 1.29 is 9.90 Å². The third-order valence-electron chi connectivity index (χ3n) is 2.85. The summed E-state index contributed by atoms with van der Waals surface area (Å²) in [4.78, 5) is 27.2. The summed E-state index contributed by atoms with van der Waals surface area (Å²) in [6, 6.07) is 8.49. The first kappa shape index (κ1) is 12.4. The van der Waals surface area contributed by atoms with E-state index in [4.69, 9.17) is 16.7 Å². The summed E-state index contributed by atoms with van der Waals surface area (Å²) in [5.74, 6) is -1.31. The molecule has 20 heavy (non-hydrogen) atoms. The zero-order chi connectivity index (χ0) is 14.3. The third-order valence-corrected chi connectivity index (χ3v) is 3.08. The Bertz CT molecular complexity index is 882. The van der Waals surface area contributed by atoms with Crippen LogP contribution in [0.3, 0.4) is 0 Å². The maximum atomic E-state index is 12.2. The van der Waals surface area contributed by atoms with Crippen LogP contribution in [-0.4, -0.2) is 25.3 Å². The molecule has 0 spiro atoms. The number of benzene rings is 1. The Morgan fingerprint density at radius 3 is 2.80 bits per heavy atom. The molecule has 2 heterocycles. The molecule has 3 rings (SSSR count). The van der Waals surface area contributed by atoms with Crippen LogP contribution in [0.4, 0.5) is 0 Å². The molecule has 1 aromatic carbocycles. The highest BCUT2D eigenvalue weighted by atomic mass is 35.5. The molecular formula is C13H8ClN3O3. The summed E-state index contributed by atoms with van der Waals surface area (Å²) in [6.45, 7) is 0. The maximum absolute atomic E-state index is 12.2. The number of aromatic nitrogens is 3. The molecule has 0 amide bonds. The summed E-state index contributed by atoms with van der Waals surface area (Å²) >= 11 is 5.92. The molecule has 0 atom stereocenters. The number of halogens is 1. The minimum absolute atomic E-state index is 0.361. The zero-order valence-electron chi connectivity index (χ0n) is 10.0. The van der Waals surface area contributed by atoms with Crippen molar-refractivity contribution in [1.82, 2.24) is 14.2 Å². The van der Waals surface area contributed by atoms with Crippen LogP contribution < -0.4 is 5.56 Å². The van der Waals surface area contributed by atoms with Gasteiger partial charge in [-0.25, -0.2) is 9.78 Å². The molecule has 0 bridgehead atoms. The second kappa shape index (κ2) is 4.50. The van der Waals surface area contributed by atoms with Gasteiger partial charge in [0.05, 0.1) is 5.69 Å². The first-order valence-electron chi connectivity index (χ1n) is 5.66. The highest BCUT2D eigenvalue weighted by Gasteiger charge is 2.14. The van der Waals surface area contributed by atoms with Crippen LogP contribution in [0.2, 0.25) is 5.02 Å². The topological polar surface area (TPSA) is 76.6 Å². The fraction of sp³-hybridized carbons (Fsp3) is 0. The van der Waals surface area contributed by atoms with Crippen molar-refractivity contribution in [3.8, 4) is 5.69 Å². The SMILES string of the molecule is O=C(O)c1cnc2ccn(-c3cccc(Cl)c3)n2c1=O. The number of carboxylic acids is 1. The average molecular weight is 290 g/mol. The summed E-state index contributed by atoms with van der Waals surface area (Å²) in [6.07, 6.45) is 2.68. The number of carboxylic acid groups (broad SMARTS) is 1. The van der Waals surface area contributed by atoms with Crippen LogP contribution >= 0.6 is 11.6 Å². The Labute approximate surface area is 117 Å². The van der Waals surface area contributed by atoms with Gasteiger partial charge in [-0.2, -0.15) is 4.52 Å². The van der Waals surface area contributed by atoms with Gasteiger partial charge in [-0.3, -0.25) is 9.48 Å². The molecule has 0 aliphatic rings. The highest BCUT2D eigenvalue weighted by Crippen LogP contribution is 2.15. The second-order valence-corrected chi connectivity index (χ2v) is 4.53. The van der Waals surface area contributed by atoms with Crippen molar-refractivity contribution in [2.75, 3.05) is 0 Å². The molecule has 7 heteroatoms.